The van der Waals surface area contributed by atoms with Crippen LogP contribution in [0.4, 0.5) is 0 Å². The van der Waals surface area contributed by atoms with Crippen molar-refractivity contribution >= 4 is 0 Å². The van der Waals surface area contributed by atoms with Crippen LogP contribution in [-0.2, 0) is 6.42 Å². The number of aliphatic hydroxyl groups is 1. The van der Waals surface area contributed by atoms with E-state index in [1.165, 1.54) is 11.1 Å². The Labute approximate surface area is 131 Å². The largest absolute Gasteiger partial charge is 0.508 e. The van der Waals surface area contributed by atoms with E-state index < -0.39 is 0 Å². The zero-order valence-electron chi connectivity index (χ0n) is 13.0. The average molecular weight is 297 g/mol. The van der Waals surface area contributed by atoms with Crippen molar-refractivity contribution in [3.8, 4) is 11.8 Å². The summed E-state index contributed by atoms with van der Waals surface area (Å²) in [5, 5.41) is 30.1. The van der Waals surface area contributed by atoms with Gasteiger partial charge >= 0.3 is 0 Å². The van der Waals surface area contributed by atoms with Crippen LogP contribution in [-0.4, -0.2) is 16.3 Å². The number of fused-ring (bicyclic) bond motifs is 5. The third-order valence-electron chi connectivity index (χ3n) is 6.84. The highest BCUT2D eigenvalue weighted by molar-refractivity contribution is 5.41. The minimum absolute atomic E-state index is 0.0241. The summed E-state index contributed by atoms with van der Waals surface area (Å²) in [6.45, 7) is 2.23. The molecule has 116 valence electrons. The molecule has 0 bridgehead atoms. The van der Waals surface area contributed by atoms with E-state index in [0.717, 1.165) is 32.1 Å². The molecular formula is C19H23NO2. The summed E-state index contributed by atoms with van der Waals surface area (Å²) in [4.78, 5) is 0. The second-order valence-electron chi connectivity index (χ2n) is 7.75. The standard InChI is InChI=1S/C19H23NO2/c1-19-9-17(22)18-14-6-4-13(21)8-11(14)2-5-15(18)16(19)7-3-12(19)10-20/h4,6,8,12,15-18,21-22H,2-3,5,7,9H2,1H3/t12-,15+,16+,17+,18-,19-/m1/s1. The third kappa shape index (κ3) is 1.77. The van der Waals surface area contributed by atoms with Gasteiger partial charge < -0.3 is 10.2 Å². The van der Waals surface area contributed by atoms with Crippen LogP contribution < -0.4 is 0 Å². The fourth-order valence-electron chi connectivity index (χ4n) is 5.86. The van der Waals surface area contributed by atoms with Gasteiger partial charge in [0.15, 0.2) is 0 Å². The minimum atomic E-state index is -0.371. The fourth-order valence-corrected chi connectivity index (χ4v) is 5.86. The van der Waals surface area contributed by atoms with Crippen molar-refractivity contribution in [3.05, 3.63) is 29.3 Å². The lowest BCUT2D eigenvalue weighted by atomic mass is 9.53. The molecular weight excluding hydrogens is 274 g/mol. The topological polar surface area (TPSA) is 64.2 Å². The van der Waals surface area contributed by atoms with Crippen LogP contribution in [0.5, 0.6) is 5.75 Å². The lowest BCUT2D eigenvalue weighted by Gasteiger charge is -2.52. The highest BCUT2D eigenvalue weighted by Gasteiger charge is 2.57. The molecule has 0 amide bonds. The molecule has 0 spiro atoms. The van der Waals surface area contributed by atoms with Gasteiger partial charge in [-0.1, -0.05) is 13.0 Å². The maximum absolute atomic E-state index is 10.9. The van der Waals surface area contributed by atoms with Gasteiger partial charge in [0.25, 0.3) is 0 Å². The number of phenolic OH excluding ortho intramolecular Hbond substituents is 1. The summed E-state index contributed by atoms with van der Waals surface area (Å²) in [6, 6.07) is 8.11. The summed E-state index contributed by atoms with van der Waals surface area (Å²) in [6.07, 6.45) is 4.50. The Morgan fingerprint density at radius 3 is 2.86 bits per heavy atom. The maximum Gasteiger partial charge on any atom is 0.115 e. The Morgan fingerprint density at radius 2 is 2.09 bits per heavy atom. The van der Waals surface area contributed by atoms with Crippen LogP contribution in [0.25, 0.3) is 0 Å². The van der Waals surface area contributed by atoms with Crippen LogP contribution in [0.2, 0.25) is 0 Å². The molecule has 3 aliphatic carbocycles. The SMILES string of the molecule is C[C@]12C[C@H](O)[C@@H]3c4ccc(O)cc4CC[C@H]3[C@@H]1CC[C@@H]2C#N. The van der Waals surface area contributed by atoms with Crippen molar-refractivity contribution in [3.63, 3.8) is 0 Å². The number of aryl methyl sites for hydroxylation is 1. The number of nitrogens with zero attached hydrogens (tertiary/aromatic N) is 1. The number of benzene rings is 1. The van der Waals surface area contributed by atoms with Crippen LogP contribution in [0.1, 0.15) is 49.7 Å². The molecule has 0 aliphatic heterocycles. The van der Waals surface area contributed by atoms with Crippen molar-refractivity contribution in [2.45, 2.75) is 51.0 Å². The number of hydrogen-bond acceptors (Lipinski definition) is 3. The molecule has 3 heteroatoms. The van der Waals surface area contributed by atoms with Gasteiger partial charge in [-0.3, -0.25) is 0 Å². The van der Waals surface area contributed by atoms with E-state index in [-0.39, 0.29) is 23.4 Å². The maximum atomic E-state index is 10.9. The Kier molecular flexibility index (Phi) is 3.03. The zero-order chi connectivity index (χ0) is 15.5. The van der Waals surface area contributed by atoms with Gasteiger partial charge in [-0.15, -0.1) is 0 Å². The molecule has 0 aromatic heterocycles. The van der Waals surface area contributed by atoms with Crippen molar-refractivity contribution < 1.29 is 10.2 Å². The number of rotatable bonds is 0. The van der Waals surface area contributed by atoms with E-state index in [2.05, 4.69) is 13.0 Å². The number of aliphatic hydroxyl groups excluding tert-OH is 1. The smallest absolute Gasteiger partial charge is 0.115 e. The van der Waals surface area contributed by atoms with Crippen LogP contribution in [0.15, 0.2) is 18.2 Å². The van der Waals surface area contributed by atoms with E-state index in [1.807, 2.05) is 12.1 Å². The third-order valence-corrected chi connectivity index (χ3v) is 6.84. The highest BCUT2D eigenvalue weighted by atomic mass is 16.3. The lowest BCUT2D eigenvalue weighted by Crippen LogP contribution is -2.48. The molecule has 0 unspecified atom stereocenters. The molecule has 0 saturated heterocycles. The zero-order valence-corrected chi connectivity index (χ0v) is 13.0. The number of aromatic hydroxyl groups is 1. The summed E-state index contributed by atoms with van der Waals surface area (Å²) in [7, 11) is 0. The Morgan fingerprint density at radius 1 is 1.27 bits per heavy atom. The van der Waals surface area contributed by atoms with Crippen LogP contribution in [0, 0.1) is 34.5 Å². The first kappa shape index (κ1) is 14.1. The molecule has 2 fully saturated rings. The van der Waals surface area contributed by atoms with Gasteiger partial charge in [0.05, 0.1) is 18.1 Å². The number of nitriles is 1. The molecule has 3 nitrogen and oxygen atoms in total. The summed E-state index contributed by atoms with van der Waals surface area (Å²) < 4.78 is 0. The minimum Gasteiger partial charge on any atom is -0.508 e. The molecule has 2 N–H and O–H groups in total. The number of hydrogen-bond donors (Lipinski definition) is 2. The van der Waals surface area contributed by atoms with Crippen LogP contribution >= 0.6 is 0 Å². The highest BCUT2D eigenvalue weighted by Crippen LogP contribution is 2.62. The molecule has 2 saturated carbocycles. The van der Waals surface area contributed by atoms with Crippen molar-refractivity contribution in [1.82, 2.24) is 0 Å². The number of phenols is 1. The van der Waals surface area contributed by atoms with Crippen molar-refractivity contribution in [1.29, 1.82) is 5.26 Å². The fraction of sp³-hybridized carbons (Fsp3) is 0.632. The normalized spacial score (nSPS) is 42.9. The quantitative estimate of drug-likeness (QED) is 0.771. The van der Waals surface area contributed by atoms with Crippen molar-refractivity contribution in [2.75, 3.05) is 0 Å². The average Bonchev–Trinajstić information content (AvgIpc) is 2.82. The molecule has 0 radical (unpaired) electrons. The predicted octanol–water partition coefficient (Wildman–Crippen LogP) is 3.36. The summed E-state index contributed by atoms with van der Waals surface area (Å²) >= 11 is 0. The molecule has 3 aliphatic rings. The molecule has 22 heavy (non-hydrogen) atoms. The summed E-state index contributed by atoms with van der Waals surface area (Å²) in [5.41, 5.74) is 2.40. The van der Waals surface area contributed by atoms with E-state index in [0.29, 0.717) is 17.6 Å². The van der Waals surface area contributed by atoms with E-state index >= 15 is 0 Å². The first-order valence-corrected chi connectivity index (χ1v) is 8.44. The molecule has 4 rings (SSSR count). The van der Waals surface area contributed by atoms with Gasteiger partial charge in [0.2, 0.25) is 0 Å². The summed E-state index contributed by atoms with van der Waals surface area (Å²) in [5.74, 6) is 1.61. The van der Waals surface area contributed by atoms with Gasteiger partial charge in [0, 0.05) is 5.92 Å². The first-order valence-electron chi connectivity index (χ1n) is 8.44. The Hall–Kier alpha value is -1.53. The monoisotopic (exact) mass is 297 g/mol. The molecule has 1 aromatic rings. The predicted molar refractivity (Wildman–Crippen MR) is 83.2 cm³/mol. The lowest BCUT2D eigenvalue weighted by molar-refractivity contribution is -0.0471. The van der Waals surface area contributed by atoms with Gasteiger partial charge in [-0.25, -0.2) is 0 Å². The van der Waals surface area contributed by atoms with E-state index in [1.54, 1.807) is 6.07 Å². The Balaban J connectivity index is 1.76. The Bertz CT molecular complexity index is 649. The van der Waals surface area contributed by atoms with Gasteiger partial charge in [-0.2, -0.15) is 5.26 Å². The molecule has 1 aromatic carbocycles. The van der Waals surface area contributed by atoms with Gasteiger partial charge in [0.1, 0.15) is 5.75 Å². The van der Waals surface area contributed by atoms with E-state index in [9.17, 15) is 15.5 Å². The van der Waals surface area contributed by atoms with E-state index in [4.69, 9.17) is 0 Å². The molecule has 6 atom stereocenters. The second kappa shape index (κ2) is 4.73. The van der Waals surface area contributed by atoms with Crippen LogP contribution in [0.3, 0.4) is 0 Å². The molecule has 0 heterocycles. The van der Waals surface area contributed by atoms with Gasteiger partial charge in [-0.05, 0) is 72.6 Å². The first-order chi connectivity index (χ1) is 10.5. The second-order valence-corrected chi connectivity index (χ2v) is 7.75. The van der Waals surface area contributed by atoms with Crippen molar-refractivity contribution in [2.24, 2.45) is 23.2 Å².